The fourth-order valence-corrected chi connectivity index (χ4v) is 4.93. The second-order valence-electron chi connectivity index (χ2n) is 10.8. The van der Waals surface area contributed by atoms with Gasteiger partial charge in [0, 0.05) is 24.7 Å². The molecule has 1 fully saturated rings. The van der Waals surface area contributed by atoms with Crippen LogP contribution in [0.4, 0.5) is 4.79 Å². The molecule has 1 amide bonds. The molecule has 1 aliphatic heterocycles. The zero-order valence-electron chi connectivity index (χ0n) is 22.5. The number of likely N-dealkylation sites (tertiary alicyclic amines) is 1. The Balaban J connectivity index is 1.20. The van der Waals surface area contributed by atoms with E-state index < -0.39 is 5.60 Å². The van der Waals surface area contributed by atoms with E-state index in [1.165, 1.54) is 11.1 Å². The summed E-state index contributed by atoms with van der Waals surface area (Å²) in [6.07, 6.45) is 4.64. The van der Waals surface area contributed by atoms with Crippen molar-refractivity contribution in [1.82, 2.24) is 39.6 Å². The number of aromatic nitrogens is 7. The standard InChI is InChI=1S/C28H29ClN8O3/c1-28(2,3)40-27(38)35-12-10-18(11-13-35)16-36-25-20(15-32-36)26(31-17-30-25)39-24-9-8-19(29)14-23(24)37-33-21-6-4-5-7-22(21)34-37/h4-9,14-15,17-18H,10-13,16H2,1-3H3. The summed E-state index contributed by atoms with van der Waals surface area (Å²) < 4.78 is 13.7. The van der Waals surface area contributed by atoms with Gasteiger partial charge in [-0.2, -0.15) is 5.10 Å². The second kappa shape index (κ2) is 10.4. The minimum absolute atomic E-state index is 0.259. The van der Waals surface area contributed by atoms with Gasteiger partial charge in [-0.3, -0.25) is 0 Å². The number of fused-ring (bicyclic) bond motifs is 2. The molecule has 1 aliphatic rings. The number of hydrogen-bond donors (Lipinski definition) is 0. The largest absolute Gasteiger partial charge is 0.444 e. The van der Waals surface area contributed by atoms with Gasteiger partial charge in [-0.05, 0) is 69.9 Å². The maximum Gasteiger partial charge on any atom is 0.410 e. The minimum atomic E-state index is -0.503. The van der Waals surface area contributed by atoms with Crippen molar-refractivity contribution < 1.29 is 14.3 Å². The molecular formula is C28H29ClN8O3. The lowest BCUT2D eigenvalue weighted by Gasteiger charge is -2.33. The second-order valence-corrected chi connectivity index (χ2v) is 11.3. The molecule has 4 heterocycles. The molecule has 0 atom stereocenters. The van der Waals surface area contributed by atoms with E-state index in [0.717, 1.165) is 23.9 Å². The molecule has 40 heavy (non-hydrogen) atoms. The van der Waals surface area contributed by atoms with Gasteiger partial charge in [-0.15, -0.1) is 15.0 Å². The highest BCUT2D eigenvalue weighted by atomic mass is 35.5. The first-order valence-corrected chi connectivity index (χ1v) is 13.6. The summed E-state index contributed by atoms with van der Waals surface area (Å²) >= 11 is 6.32. The number of nitrogens with zero attached hydrogens (tertiary/aromatic N) is 8. The van der Waals surface area contributed by atoms with E-state index in [-0.39, 0.29) is 6.09 Å². The molecule has 0 spiro atoms. The van der Waals surface area contributed by atoms with Crippen molar-refractivity contribution in [3.05, 3.63) is 60.0 Å². The summed E-state index contributed by atoms with van der Waals surface area (Å²) in [6.45, 7) is 7.62. The molecule has 0 aliphatic carbocycles. The average molecular weight is 561 g/mol. The van der Waals surface area contributed by atoms with Gasteiger partial charge in [-0.1, -0.05) is 23.7 Å². The molecule has 1 saturated heterocycles. The maximum absolute atomic E-state index is 12.4. The summed E-state index contributed by atoms with van der Waals surface area (Å²) in [5.41, 5.74) is 2.28. The number of benzene rings is 2. The summed E-state index contributed by atoms with van der Waals surface area (Å²) in [5.74, 6) is 1.22. The van der Waals surface area contributed by atoms with Gasteiger partial charge in [0.25, 0.3) is 0 Å². The summed E-state index contributed by atoms with van der Waals surface area (Å²) in [6, 6.07) is 12.9. The van der Waals surface area contributed by atoms with Crippen LogP contribution in [0.25, 0.3) is 27.8 Å². The number of carbonyl (C=O) groups is 1. The van der Waals surface area contributed by atoms with Gasteiger partial charge in [0.05, 0.1) is 6.20 Å². The molecule has 0 bridgehead atoms. The molecule has 11 nitrogen and oxygen atoms in total. The molecule has 206 valence electrons. The quantitative estimate of drug-likeness (QED) is 0.271. The summed E-state index contributed by atoms with van der Waals surface area (Å²) in [5, 5.41) is 15.0. The van der Waals surface area contributed by atoms with E-state index >= 15 is 0 Å². The van der Waals surface area contributed by atoms with Crippen LogP contribution < -0.4 is 4.74 Å². The summed E-state index contributed by atoms with van der Waals surface area (Å²) in [4.78, 5) is 24.6. The Hall–Kier alpha value is -4.25. The van der Waals surface area contributed by atoms with E-state index in [2.05, 4.69) is 25.3 Å². The number of ether oxygens (including phenoxy) is 2. The molecule has 6 rings (SSSR count). The number of carbonyl (C=O) groups excluding carboxylic acids is 1. The van der Waals surface area contributed by atoms with Crippen LogP contribution in [0.15, 0.2) is 55.0 Å². The Bertz CT molecular complexity index is 1650. The zero-order chi connectivity index (χ0) is 27.9. The van der Waals surface area contributed by atoms with E-state index in [1.54, 1.807) is 29.3 Å². The lowest BCUT2D eigenvalue weighted by Crippen LogP contribution is -2.42. The number of amides is 1. The van der Waals surface area contributed by atoms with Crippen LogP contribution in [0.3, 0.4) is 0 Å². The van der Waals surface area contributed by atoms with Crippen LogP contribution in [0.5, 0.6) is 11.6 Å². The Kier molecular flexibility index (Phi) is 6.75. The third-order valence-electron chi connectivity index (χ3n) is 6.72. The Labute approximate surface area is 235 Å². The van der Waals surface area contributed by atoms with Crippen molar-refractivity contribution in [3.63, 3.8) is 0 Å². The molecule has 5 aromatic rings. The molecule has 2 aromatic carbocycles. The van der Waals surface area contributed by atoms with Crippen LogP contribution in [0.1, 0.15) is 33.6 Å². The van der Waals surface area contributed by atoms with Gasteiger partial charge in [0.1, 0.15) is 34.0 Å². The number of halogens is 1. The third kappa shape index (κ3) is 5.42. The molecular weight excluding hydrogens is 532 g/mol. The highest BCUT2D eigenvalue weighted by Gasteiger charge is 2.27. The predicted octanol–water partition coefficient (Wildman–Crippen LogP) is 5.65. The van der Waals surface area contributed by atoms with Gasteiger partial charge in [-0.25, -0.2) is 19.4 Å². The van der Waals surface area contributed by atoms with Crippen molar-refractivity contribution >= 4 is 39.8 Å². The van der Waals surface area contributed by atoms with Crippen LogP contribution in [-0.4, -0.2) is 64.4 Å². The van der Waals surface area contributed by atoms with Gasteiger partial charge < -0.3 is 14.4 Å². The molecule has 0 radical (unpaired) electrons. The predicted molar refractivity (Wildman–Crippen MR) is 150 cm³/mol. The molecule has 0 unspecified atom stereocenters. The number of piperidine rings is 1. The van der Waals surface area contributed by atoms with E-state index in [0.29, 0.717) is 58.9 Å². The fourth-order valence-electron chi connectivity index (χ4n) is 4.76. The van der Waals surface area contributed by atoms with Gasteiger partial charge in [0.2, 0.25) is 5.88 Å². The highest BCUT2D eigenvalue weighted by Crippen LogP contribution is 2.33. The summed E-state index contributed by atoms with van der Waals surface area (Å²) in [7, 11) is 0. The van der Waals surface area contributed by atoms with Crippen molar-refractivity contribution in [2.24, 2.45) is 5.92 Å². The van der Waals surface area contributed by atoms with Crippen molar-refractivity contribution in [2.45, 2.75) is 45.8 Å². The molecule has 3 aromatic heterocycles. The van der Waals surface area contributed by atoms with Crippen molar-refractivity contribution in [1.29, 1.82) is 0 Å². The minimum Gasteiger partial charge on any atom is -0.444 e. The fraction of sp³-hybridized carbons (Fsp3) is 0.357. The van der Waals surface area contributed by atoms with Crippen LogP contribution in [0, 0.1) is 5.92 Å². The van der Waals surface area contributed by atoms with Crippen molar-refractivity contribution in [3.8, 4) is 17.3 Å². The molecule has 0 saturated carbocycles. The Morgan fingerprint density at radius 3 is 2.48 bits per heavy atom. The Morgan fingerprint density at radius 2 is 1.77 bits per heavy atom. The zero-order valence-corrected chi connectivity index (χ0v) is 23.2. The first-order chi connectivity index (χ1) is 19.2. The first-order valence-electron chi connectivity index (χ1n) is 13.2. The lowest BCUT2D eigenvalue weighted by atomic mass is 9.97. The van der Waals surface area contributed by atoms with Crippen LogP contribution in [0.2, 0.25) is 5.02 Å². The lowest BCUT2D eigenvalue weighted by molar-refractivity contribution is 0.0177. The monoisotopic (exact) mass is 560 g/mol. The van der Waals surface area contributed by atoms with Gasteiger partial charge in [0.15, 0.2) is 11.4 Å². The van der Waals surface area contributed by atoms with E-state index in [9.17, 15) is 4.79 Å². The molecule has 12 heteroatoms. The van der Waals surface area contributed by atoms with Crippen LogP contribution in [-0.2, 0) is 11.3 Å². The normalized spacial score (nSPS) is 14.7. The Morgan fingerprint density at radius 1 is 1.05 bits per heavy atom. The first kappa shape index (κ1) is 26.0. The SMILES string of the molecule is CC(C)(C)OC(=O)N1CCC(Cn2ncc3c(Oc4ccc(Cl)cc4-n4nc5ccccc5n4)ncnc32)CC1. The third-order valence-corrected chi connectivity index (χ3v) is 6.96. The van der Waals surface area contributed by atoms with E-state index in [1.807, 2.05) is 49.7 Å². The number of rotatable bonds is 5. The average Bonchev–Trinajstić information content (AvgIpc) is 3.54. The van der Waals surface area contributed by atoms with E-state index in [4.69, 9.17) is 21.1 Å². The van der Waals surface area contributed by atoms with Gasteiger partial charge >= 0.3 is 6.09 Å². The maximum atomic E-state index is 12.4. The topological polar surface area (TPSA) is 113 Å². The number of hydrogen-bond acceptors (Lipinski definition) is 8. The highest BCUT2D eigenvalue weighted by molar-refractivity contribution is 6.30. The van der Waals surface area contributed by atoms with Crippen LogP contribution >= 0.6 is 11.6 Å². The van der Waals surface area contributed by atoms with Crippen molar-refractivity contribution in [2.75, 3.05) is 13.1 Å². The molecule has 0 N–H and O–H groups in total. The smallest absolute Gasteiger partial charge is 0.410 e.